The van der Waals surface area contributed by atoms with Crippen LogP contribution in [-0.4, -0.2) is 30.6 Å². The summed E-state index contributed by atoms with van der Waals surface area (Å²) in [6.45, 7) is 2.76. The third kappa shape index (κ3) is 2.34. The number of aromatic hydroxyl groups is 1. The van der Waals surface area contributed by atoms with E-state index in [-0.39, 0.29) is 11.9 Å². The van der Waals surface area contributed by atoms with Gasteiger partial charge in [-0.15, -0.1) is 0 Å². The molecule has 3 rings (SSSR count). The Kier molecular flexibility index (Phi) is 3.19. The predicted octanol–water partition coefficient (Wildman–Crippen LogP) is 1.86. The summed E-state index contributed by atoms with van der Waals surface area (Å²) >= 11 is 0. The molecule has 2 heterocycles. The second-order valence-electron chi connectivity index (χ2n) is 4.90. The lowest BCUT2D eigenvalue weighted by Gasteiger charge is -2.23. The van der Waals surface area contributed by atoms with Crippen molar-refractivity contribution in [1.82, 2.24) is 5.32 Å². The van der Waals surface area contributed by atoms with Gasteiger partial charge in [-0.1, -0.05) is 12.1 Å². The molecule has 96 valence electrons. The van der Waals surface area contributed by atoms with Crippen molar-refractivity contribution >= 4 is 5.90 Å². The first-order chi connectivity index (χ1) is 8.83. The minimum absolute atomic E-state index is 0.0259. The first-order valence-electron chi connectivity index (χ1n) is 6.53. The molecule has 0 radical (unpaired) electrons. The Bertz CT molecular complexity index is 453. The lowest BCUT2D eigenvalue weighted by Crippen LogP contribution is -2.32. The summed E-state index contributed by atoms with van der Waals surface area (Å²) in [7, 11) is 0. The smallest absolute Gasteiger partial charge is 0.187 e. The molecule has 1 saturated heterocycles. The lowest BCUT2D eigenvalue weighted by atomic mass is 9.98. The minimum Gasteiger partial charge on any atom is -0.508 e. The van der Waals surface area contributed by atoms with Gasteiger partial charge >= 0.3 is 0 Å². The van der Waals surface area contributed by atoms with Gasteiger partial charge in [0, 0.05) is 5.92 Å². The Hall–Kier alpha value is -1.55. The molecule has 2 aliphatic heterocycles. The zero-order valence-corrected chi connectivity index (χ0v) is 10.3. The number of rotatable bonds is 2. The summed E-state index contributed by atoms with van der Waals surface area (Å²) in [5.74, 6) is 1.66. The lowest BCUT2D eigenvalue weighted by molar-refractivity contribution is 0.207. The maximum Gasteiger partial charge on any atom is 0.187 e. The first kappa shape index (κ1) is 11.5. The van der Waals surface area contributed by atoms with Crippen molar-refractivity contribution in [1.29, 1.82) is 0 Å². The molecule has 0 amide bonds. The summed E-state index contributed by atoms with van der Waals surface area (Å²) in [6, 6.07) is 7.25. The van der Waals surface area contributed by atoms with E-state index in [0.29, 0.717) is 12.5 Å². The Morgan fingerprint density at radius 1 is 1.28 bits per heavy atom. The van der Waals surface area contributed by atoms with Crippen LogP contribution in [0.4, 0.5) is 0 Å². The number of phenolic OH excluding ortho intramolecular Hbond substituents is 1. The average Bonchev–Trinajstić information content (AvgIpc) is 2.89. The van der Waals surface area contributed by atoms with Gasteiger partial charge in [0.2, 0.25) is 0 Å². The molecule has 0 aromatic heterocycles. The van der Waals surface area contributed by atoms with Gasteiger partial charge in [0.05, 0.1) is 6.54 Å². The van der Waals surface area contributed by atoms with Gasteiger partial charge in [-0.25, -0.2) is 0 Å². The summed E-state index contributed by atoms with van der Waals surface area (Å²) in [6.07, 6.45) is 2.18. The molecule has 0 spiro atoms. The van der Waals surface area contributed by atoms with Crippen LogP contribution in [0, 0.1) is 5.92 Å². The van der Waals surface area contributed by atoms with Crippen molar-refractivity contribution in [3.63, 3.8) is 0 Å². The Morgan fingerprint density at radius 2 is 2.11 bits per heavy atom. The monoisotopic (exact) mass is 246 g/mol. The SMILES string of the molecule is Oc1cccc(C2CN=C(C3CCNCC3)O2)c1. The van der Waals surface area contributed by atoms with Gasteiger partial charge in [0.15, 0.2) is 5.90 Å². The first-order valence-corrected chi connectivity index (χ1v) is 6.53. The molecule has 1 unspecified atom stereocenters. The molecule has 1 aromatic carbocycles. The number of aliphatic imine (C=N–C) groups is 1. The van der Waals surface area contributed by atoms with Crippen molar-refractivity contribution < 1.29 is 9.84 Å². The topological polar surface area (TPSA) is 53.9 Å². The summed E-state index contributed by atoms with van der Waals surface area (Å²) in [4.78, 5) is 4.53. The van der Waals surface area contributed by atoms with E-state index in [2.05, 4.69) is 10.3 Å². The van der Waals surface area contributed by atoms with Crippen molar-refractivity contribution in [3.8, 4) is 5.75 Å². The third-order valence-electron chi connectivity index (χ3n) is 3.61. The second kappa shape index (κ2) is 4.98. The van der Waals surface area contributed by atoms with Crippen LogP contribution in [0.2, 0.25) is 0 Å². The molecule has 0 bridgehead atoms. The van der Waals surface area contributed by atoms with Gasteiger partial charge in [-0.3, -0.25) is 4.99 Å². The van der Waals surface area contributed by atoms with E-state index in [4.69, 9.17) is 4.74 Å². The van der Waals surface area contributed by atoms with Crippen molar-refractivity contribution in [2.24, 2.45) is 10.9 Å². The molecule has 0 aliphatic carbocycles. The number of nitrogens with zero attached hydrogens (tertiary/aromatic N) is 1. The number of phenols is 1. The standard InChI is InChI=1S/C14H18N2O2/c17-12-3-1-2-11(8-12)13-9-16-14(18-13)10-4-6-15-7-5-10/h1-3,8,10,13,15,17H,4-7,9H2. The van der Waals surface area contributed by atoms with Gasteiger partial charge < -0.3 is 15.2 Å². The molecule has 18 heavy (non-hydrogen) atoms. The van der Waals surface area contributed by atoms with Crippen LogP contribution in [0.25, 0.3) is 0 Å². The normalized spacial score (nSPS) is 24.7. The number of benzene rings is 1. The van der Waals surface area contributed by atoms with Crippen molar-refractivity contribution in [2.45, 2.75) is 18.9 Å². The second-order valence-corrected chi connectivity index (χ2v) is 4.90. The number of hydrogen-bond acceptors (Lipinski definition) is 4. The largest absolute Gasteiger partial charge is 0.508 e. The number of piperidine rings is 1. The number of nitrogens with one attached hydrogen (secondary N) is 1. The molecular formula is C14H18N2O2. The highest BCUT2D eigenvalue weighted by molar-refractivity contribution is 5.80. The van der Waals surface area contributed by atoms with Gasteiger partial charge in [-0.2, -0.15) is 0 Å². The highest BCUT2D eigenvalue weighted by atomic mass is 16.5. The fourth-order valence-corrected chi connectivity index (χ4v) is 2.59. The van der Waals surface area contributed by atoms with Crippen LogP contribution in [0.5, 0.6) is 5.75 Å². The maximum atomic E-state index is 9.49. The molecule has 2 aliphatic rings. The molecule has 1 atom stereocenters. The van der Waals surface area contributed by atoms with Crippen LogP contribution in [0.3, 0.4) is 0 Å². The zero-order valence-electron chi connectivity index (χ0n) is 10.3. The number of hydrogen-bond donors (Lipinski definition) is 2. The van der Waals surface area contributed by atoms with Crippen LogP contribution >= 0.6 is 0 Å². The van der Waals surface area contributed by atoms with E-state index in [0.717, 1.165) is 37.4 Å². The quantitative estimate of drug-likeness (QED) is 0.837. The van der Waals surface area contributed by atoms with E-state index in [1.807, 2.05) is 12.1 Å². The Labute approximate surface area is 107 Å². The third-order valence-corrected chi connectivity index (χ3v) is 3.61. The molecule has 4 heteroatoms. The van der Waals surface area contributed by atoms with Crippen LogP contribution in [0.1, 0.15) is 24.5 Å². The van der Waals surface area contributed by atoms with Gasteiger partial charge in [-0.05, 0) is 43.6 Å². The van der Waals surface area contributed by atoms with E-state index in [1.165, 1.54) is 0 Å². The minimum atomic E-state index is -0.0259. The molecule has 0 saturated carbocycles. The van der Waals surface area contributed by atoms with Gasteiger partial charge in [0.1, 0.15) is 11.9 Å². The van der Waals surface area contributed by atoms with E-state index in [9.17, 15) is 5.11 Å². The molecule has 1 aromatic rings. The highest BCUT2D eigenvalue weighted by Gasteiger charge is 2.28. The molecule has 4 nitrogen and oxygen atoms in total. The average molecular weight is 246 g/mol. The van der Waals surface area contributed by atoms with E-state index in [1.54, 1.807) is 12.1 Å². The Morgan fingerprint density at radius 3 is 2.89 bits per heavy atom. The number of ether oxygens (including phenoxy) is 1. The van der Waals surface area contributed by atoms with Crippen LogP contribution in [0.15, 0.2) is 29.3 Å². The van der Waals surface area contributed by atoms with Crippen LogP contribution < -0.4 is 5.32 Å². The fourth-order valence-electron chi connectivity index (χ4n) is 2.59. The van der Waals surface area contributed by atoms with Crippen LogP contribution in [-0.2, 0) is 4.74 Å². The van der Waals surface area contributed by atoms with E-state index < -0.39 is 0 Å². The Balaban J connectivity index is 1.66. The summed E-state index contributed by atoms with van der Waals surface area (Å²) in [5, 5.41) is 12.8. The van der Waals surface area contributed by atoms with Gasteiger partial charge in [0.25, 0.3) is 0 Å². The predicted molar refractivity (Wildman–Crippen MR) is 69.8 cm³/mol. The molecule has 1 fully saturated rings. The zero-order chi connectivity index (χ0) is 12.4. The van der Waals surface area contributed by atoms with Crippen molar-refractivity contribution in [2.75, 3.05) is 19.6 Å². The molecular weight excluding hydrogens is 228 g/mol. The van der Waals surface area contributed by atoms with E-state index >= 15 is 0 Å². The highest BCUT2D eigenvalue weighted by Crippen LogP contribution is 2.29. The van der Waals surface area contributed by atoms with Crippen molar-refractivity contribution in [3.05, 3.63) is 29.8 Å². The maximum absolute atomic E-state index is 9.49. The fraction of sp³-hybridized carbons (Fsp3) is 0.500. The summed E-state index contributed by atoms with van der Waals surface area (Å²) in [5.41, 5.74) is 1.00. The molecule has 2 N–H and O–H groups in total. The summed E-state index contributed by atoms with van der Waals surface area (Å²) < 4.78 is 5.95.